The van der Waals surface area contributed by atoms with Gasteiger partial charge in [0.05, 0.1) is 13.6 Å². The third kappa shape index (κ3) is 8.22. The van der Waals surface area contributed by atoms with Gasteiger partial charge < -0.3 is 5.21 Å². The Morgan fingerprint density at radius 1 is 1.08 bits per heavy atom. The van der Waals surface area contributed by atoms with Crippen LogP contribution in [0, 0.1) is 5.21 Å². The molecule has 0 rings (SSSR count). The number of hydroxylamine groups is 2. The molecule has 3 nitrogen and oxygen atoms in total. The molecule has 0 radical (unpaired) electrons. The zero-order valence-corrected chi connectivity index (χ0v) is 9.31. The molecule has 0 aliphatic carbocycles. The maximum Gasteiger partial charge on any atom is 0.0958 e. The molecule has 3 heteroatoms. The standard InChI is InChI=1S/C10H24N2O/c1-4-6-8-9-11-12(3,13)10-7-5-2/h11H,4-10H2,1-3H3. The molecule has 0 bridgehead atoms. The van der Waals surface area contributed by atoms with Gasteiger partial charge in [0, 0.05) is 6.54 Å². The summed E-state index contributed by atoms with van der Waals surface area (Å²) in [6.45, 7) is 5.81. The van der Waals surface area contributed by atoms with Crippen LogP contribution in [0.25, 0.3) is 0 Å². The van der Waals surface area contributed by atoms with E-state index in [0.717, 1.165) is 25.8 Å². The molecule has 0 aliphatic heterocycles. The van der Waals surface area contributed by atoms with Crippen molar-refractivity contribution in [3.05, 3.63) is 5.21 Å². The predicted molar refractivity (Wildman–Crippen MR) is 56.9 cm³/mol. The summed E-state index contributed by atoms with van der Waals surface area (Å²) in [5, 5.41) is 11.7. The minimum atomic E-state index is -0.280. The average molecular weight is 188 g/mol. The number of hydrogen-bond acceptors (Lipinski definition) is 2. The summed E-state index contributed by atoms with van der Waals surface area (Å²) in [6.07, 6.45) is 5.62. The van der Waals surface area contributed by atoms with Gasteiger partial charge in [0.25, 0.3) is 0 Å². The van der Waals surface area contributed by atoms with Crippen molar-refractivity contribution >= 4 is 0 Å². The number of rotatable bonds is 8. The van der Waals surface area contributed by atoms with Crippen molar-refractivity contribution in [3.8, 4) is 0 Å². The molecular weight excluding hydrogens is 164 g/mol. The summed E-state index contributed by atoms with van der Waals surface area (Å²) in [5.74, 6) is 0. The van der Waals surface area contributed by atoms with Gasteiger partial charge in [0.15, 0.2) is 0 Å². The molecular formula is C10H24N2O. The molecule has 1 unspecified atom stereocenters. The highest BCUT2D eigenvalue weighted by Crippen LogP contribution is 1.99. The van der Waals surface area contributed by atoms with Gasteiger partial charge in [-0.2, -0.15) is 5.43 Å². The monoisotopic (exact) mass is 188 g/mol. The van der Waals surface area contributed by atoms with Crippen molar-refractivity contribution in [1.29, 1.82) is 0 Å². The zero-order valence-electron chi connectivity index (χ0n) is 9.31. The van der Waals surface area contributed by atoms with E-state index in [1.54, 1.807) is 7.05 Å². The summed E-state index contributed by atoms with van der Waals surface area (Å²) < 4.78 is -0.280. The molecule has 0 aromatic rings. The lowest BCUT2D eigenvalue weighted by atomic mass is 10.2. The number of quaternary nitrogens is 1. The molecule has 1 N–H and O–H groups in total. The second-order valence-electron chi connectivity index (χ2n) is 3.79. The minimum Gasteiger partial charge on any atom is -0.612 e. The fraction of sp³-hybridized carbons (Fsp3) is 1.00. The Hall–Kier alpha value is -0.120. The highest BCUT2D eigenvalue weighted by molar-refractivity contribution is 4.41. The Labute approximate surface area is 82.3 Å². The summed E-state index contributed by atoms with van der Waals surface area (Å²) in [4.78, 5) is 0. The van der Waals surface area contributed by atoms with Gasteiger partial charge in [0.1, 0.15) is 0 Å². The maximum absolute atomic E-state index is 11.7. The molecule has 0 fully saturated rings. The third-order valence-corrected chi connectivity index (χ3v) is 2.16. The second kappa shape index (κ2) is 7.30. The number of nitrogens with zero attached hydrogens (tertiary/aromatic N) is 1. The van der Waals surface area contributed by atoms with Crippen molar-refractivity contribution in [1.82, 2.24) is 5.43 Å². The van der Waals surface area contributed by atoms with Crippen LogP contribution in [0.15, 0.2) is 0 Å². The molecule has 0 heterocycles. The Bertz CT molecular complexity index is 115. The van der Waals surface area contributed by atoms with Gasteiger partial charge in [0.2, 0.25) is 0 Å². The van der Waals surface area contributed by atoms with Gasteiger partial charge in [-0.15, -0.1) is 0 Å². The second-order valence-corrected chi connectivity index (χ2v) is 3.79. The molecule has 0 amide bonds. The van der Waals surface area contributed by atoms with Gasteiger partial charge >= 0.3 is 0 Å². The molecule has 1 atom stereocenters. The van der Waals surface area contributed by atoms with Gasteiger partial charge in [-0.05, 0) is 12.8 Å². The highest BCUT2D eigenvalue weighted by atomic mass is 16.6. The largest absolute Gasteiger partial charge is 0.612 e. The first-order valence-electron chi connectivity index (χ1n) is 5.44. The quantitative estimate of drug-likeness (QED) is 0.361. The van der Waals surface area contributed by atoms with E-state index in [1.807, 2.05) is 0 Å². The van der Waals surface area contributed by atoms with Crippen molar-refractivity contribution < 1.29 is 4.76 Å². The average Bonchev–Trinajstić information content (AvgIpc) is 2.09. The topological polar surface area (TPSA) is 35.1 Å². The van der Waals surface area contributed by atoms with Crippen LogP contribution in [0.3, 0.4) is 0 Å². The predicted octanol–water partition coefficient (Wildman–Crippen LogP) is 2.43. The molecule has 0 aromatic carbocycles. The lowest BCUT2D eigenvalue weighted by Gasteiger charge is -2.37. The van der Waals surface area contributed by atoms with Crippen LogP contribution in [-0.4, -0.2) is 24.9 Å². The summed E-state index contributed by atoms with van der Waals surface area (Å²) in [6, 6.07) is 0. The first kappa shape index (κ1) is 12.9. The summed E-state index contributed by atoms with van der Waals surface area (Å²) in [5.41, 5.74) is 3.01. The van der Waals surface area contributed by atoms with E-state index in [9.17, 15) is 5.21 Å². The first-order chi connectivity index (χ1) is 6.12. The van der Waals surface area contributed by atoms with E-state index in [-0.39, 0.29) is 4.76 Å². The summed E-state index contributed by atoms with van der Waals surface area (Å²) in [7, 11) is 1.70. The van der Waals surface area contributed by atoms with Crippen LogP contribution in [0.1, 0.15) is 46.0 Å². The first-order valence-corrected chi connectivity index (χ1v) is 5.44. The highest BCUT2D eigenvalue weighted by Gasteiger charge is 2.07. The van der Waals surface area contributed by atoms with E-state index in [2.05, 4.69) is 19.3 Å². The van der Waals surface area contributed by atoms with E-state index in [0.29, 0.717) is 6.54 Å². The smallest absolute Gasteiger partial charge is 0.0958 e. The molecule has 0 saturated carbocycles. The third-order valence-electron chi connectivity index (χ3n) is 2.16. The van der Waals surface area contributed by atoms with Crippen molar-refractivity contribution in [3.63, 3.8) is 0 Å². The Morgan fingerprint density at radius 3 is 2.23 bits per heavy atom. The molecule has 0 aromatic heterocycles. The van der Waals surface area contributed by atoms with Gasteiger partial charge in [-0.25, -0.2) is 0 Å². The van der Waals surface area contributed by atoms with E-state index >= 15 is 0 Å². The van der Waals surface area contributed by atoms with Gasteiger partial charge in [-0.1, -0.05) is 33.1 Å². The van der Waals surface area contributed by atoms with Gasteiger partial charge in [-0.3, -0.25) is 4.76 Å². The molecule has 0 spiro atoms. The maximum atomic E-state index is 11.7. The van der Waals surface area contributed by atoms with Crippen LogP contribution in [0.2, 0.25) is 0 Å². The van der Waals surface area contributed by atoms with Crippen molar-refractivity contribution in [2.24, 2.45) is 0 Å². The molecule has 0 saturated heterocycles. The van der Waals surface area contributed by atoms with Crippen LogP contribution in [-0.2, 0) is 0 Å². The van der Waals surface area contributed by atoms with Crippen molar-refractivity contribution in [2.45, 2.75) is 46.0 Å². The fourth-order valence-corrected chi connectivity index (χ4v) is 1.23. The SMILES string of the molecule is CCCCCN[N+](C)([O-])CCCC. The summed E-state index contributed by atoms with van der Waals surface area (Å²) >= 11 is 0. The molecule has 80 valence electrons. The normalized spacial score (nSPS) is 15.7. The fourth-order valence-electron chi connectivity index (χ4n) is 1.23. The van der Waals surface area contributed by atoms with Crippen LogP contribution in [0.5, 0.6) is 0 Å². The number of nitrogens with one attached hydrogen (secondary N) is 1. The minimum absolute atomic E-state index is 0.280. The Balaban J connectivity index is 3.39. The Morgan fingerprint density at radius 2 is 1.69 bits per heavy atom. The van der Waals surface area contributed by atoms with E-state index < -0.39 is 0 Å². The Kier molecular flexibility index (Phi) is 7.23. The van der Waals surface area contributed by atoms with E-state index in [1.165, 1.54) is 12.8 Å². The number of hydrogen-bond donors (Lipinski definition) is 1. The lowest BCUT2D eigenvalue weighted by molar-refractivity contribution is -0.906. The van der Waals surface area contributed by atoms with Crippen LogP contribution >= 0.6 is 0 Å². The molecule has 13 heavy (non-hydrogen) atoms. The van der Waals surface area contributed by atoms with E-state index in [4.69, 9.17) is 0 Å². The lowest BCUT2D eigenvalue weighted by Crippen LogP contribution is -2.50. The van der Waals surface area contributed by atoms with Crippen LogP contribution < -0.4 is 5.43 Å². The number of unbranched alkanes of at least 4 members (excludes halogenated alkanes) is 3. The molecule has 0 aliphatic rings. The van der Waals surface area contributed by atoms with Crippen LogP contribution in [0.4, 0.5) is 0 Å². The van der Waals surface area contributed by atoms with Crippen molar-refractivity contribution in [2.75, 3.05) is 20.1 Å². The zero-order chi connectivity index (χ0) is 10.2.